The van der Waals surface area contributed by atoms with Crippen molar-refractivity contribution in [1.29, 1.82) is 0 Å². The van der Waals surface area contributed by atoms with Crippen LogP contribution in [0.1, 0.15) is 17.1 Å². The van der Waals surface area contributed by atoms with E-state index < -0.39 is 0 Å². The molecule has 2 N–H and O–H groups in total. The van der Waals surface area contributed by atoms with Crippen LogP contribution in [0.3, 0.4) is 0 Å². The summed E-state index contributed by atoms with van der Waals surface area (Å²) < 4.78 is 0. The van der Waals surface area contributed by atoms with Crippen molar-refractivity contribution in [3.05, 3.63) is 51.6 Å². The molecule has 0 unspecified atom stereocenters. The summed E-state index contributed by atoms with van der Waals surface area (Å²) in [5, 5.41) is 13.9. The van der Waals surface area contributed by atoms with Crippen molar-refractivity contribution in [3.8, 4) is 0 Å². The van der Waals surface area contributed by atoms with Crippen molar-refractivity contribution in [1.82, 2.24) is 9.97 Å². The zero-order valence-electron chi connectivity index (χ0n) is 10.2. The average Bonchev–Trinajstić information content (AvgIpc) is 2.74. The van der Waals surface area contributed by atoms with E-state index in [9.17, 15) is 10.1 Å². The molecule has 6 heteroatoms. The van der Waals surface area contributed by atoms with Crippen LogP contribution in [-0.4, -0.2) is 14.9 Å². The fourth-order valence-electron chi connectivity index (χ4n) is 1.67. The Morgan fingerprint density at radius 1 is 1.44 bits per heavy atom. The smallest absolute Gasteiger partial charge is 0.274 e. The average molecular weight is 246 g/mol. The van der Waals surface area contributed by atoms with Crippen LogP contribution in [-0.2, 0) is 6.54 Å². The van der Waals surface area contributed by atoms with Gasteiger partial charge in [-0.25, -0.2) is 4.98 Å². The maximum atomic E-state index is 10.8. The lowest BCUT2D eigenvalue weighted by Crippen LogP contribution is -2.01. The van der Waals surface area contributed by atoms with E-state index in [0.29, 0.717) is 12.1 Å². The molecule has 1 aromatic carbocycles. The second kappa shape index (κ2) is 4.87. The first-order chi connectivity index (χ1) is 8.56. The van der Waals surface area contributed by atoms with E-state index in [-0.39, 0.29) is 10.6 Å². The van der Waals surface area contributed by atoms with Gasteiger partial charge in [-0.15, -0.1) is 0 Å². The van der Waals surface area contributed by atoms with Crippen molar-refractivity contribution in [2.75, 3.05) is 5.32 Å². The van der Waals surface area contributed by atoms with E-state index in [1.807, 2.05) is 13.0 Å². The fraction of sp³-hybridized carbons (Fsp3) is 0.250. The number of rotatable bonds is 4. The molecule has 18 heavy (non-hydrogen) atoms. The van der Waals surface area contributed by atoms with Gasteiger partial charge in [0.15, 0.2) is 0 Å². The molecule has 0 radical (unpaired) electrons. The third-order valence-electron chi connectivity index (χ3n) is 2.64. The molecule has 0 bridgehead atoms. The second-order valence-corrected chi connectivity index (χ2v) is 4.11. The Balaban J connectivity index is 2.10. The number of hydrogen-bond donors (Lipinski definition) is 2. The molecule has 0 saturated carbocycles. The number of nitrogens with zero attached hydrogens (tertiary/aromatic N) is 2. The summed E-state index contributed by atoms with van der Waals surface area (Å²) in [5.41, 5.74) is 2.44. The molecule has 0 aliphatic rings. The molecule has 0 aliphatic carbocycles. The number of aromatic nitrogens is 2. The Labute approximate surface area is 104 Å². The maximum Gasteiger partial charge on any atom is 0.274 e. The Hall–Kier alpha value is -2.37. The number of anilines is 1. The van der Waals surface area contributed by atoms with Gasteiger partial charge in [0.1, 0.15) is 5.82 Å². The SMILES string of the molecule is Cc1ncc(CNc2ccc(C)c([N+](=O)[O-])c2)[nH]1. The zero-order valence-corrected chi connectivity index (χ0v) is 10.2. The summed E-state index contributed by atoms with van der Waals surface area (Å²) >= 11 is 0. The first-order valence-electron chi connectivity index (χ1n) is 5.55. The van der Waals surface area contributed by atoms with E-state index in [1.54, 1.807) is 25.3 Å². The fourth-order valence-corrected chi connectivity index (χ4v) is 1.67. The van der Waals surface area contributed by atoms with E-state index in [2.05, 4.69) is 15.3 Å². The lowest BCUT2D eigenvalue weighted by atomic mass is 10.2. The van der Waals surface area contributed by atoms with E-state index >= 15 is 0 Å². The molecule has 1 aromatic heterocycles. The number of benzene rings is 1. The quantitative estimate of drug-likeness (QED) is 0.641. The highest BCUT2D eigenvalue weighted by atomic mass is 16.6. The highest BCUT2D eigenvalue weighted by Gasteiger charge is 2.10. The van der Waals surface area contributed by atoms with E-state index in [1.165, 1.54) is 0 Å². The van der Waals surface area contributed by atoms with Crippen LogP contribution in [0.5, 0.6) is 0 Å². The van der Waals surface area contributed by atoms with Crippen molar-refractivity contribution in [2.24, 2.45) is 0 Å². The molecule has 6 nitrogen and oxygen atoms in total. The number of imidazole rings is 1. The molecule has 0 fully saturated rings. The number of H-pyrrole nitrogens is 1. The third-order valence-corrected chi connectivity index (χ3v) is 2.64. The van der Waals surface area contributed by atoms with Gasteiger partial charge in [0, 0.05) is 17.3 Å². The lowest BCUT2D eigenvalue weighted by Gasteiger charge is -2.05. The summed E-state index contributed by atoms with van der Waals surface area (Å²) in [4.78, 5) is 17.6. The van der Waals surface area contributed by atoms with Gasteiger partial charge < -0.3 is 10.3 Å². The summed E-state index contributed by atoms with van der Waals surface area (Å²) in [6, 6.07) is 5.10. The summed E-state index contributed by atoms with van der Waals surface area (Å²) in [6.45, 7) is 4.15. The molecular weight excluding hydrogens is 232 g/mol. The number of aromatic amines is 1. The van der Waals surface area contributed by atoms with Gasteiger partial charge in [0.05, 0.1) is 23.4 Å². The molecule has 0 spiro atoms. The van der Waals surface area contributed by atoms with Crippen molar-refractivity contribution in [3.63, 3.8) is 0 Å². The number of nitrogens with one attached hydrogen (secondary N) is 2. The first kappa shape index (κ1) is 12.1. The topological polar surface area (TPSA) is 83.8 Å². The second-order valence-electron chi connectivity index (χ2n) is 4.11. The van der Waals surface area contributed by atoms with Crippen LogP contribution in [0.15, 0.2) is 24.4 Å². The van der Waals surface area contributed by atoms with Crippen molar-refractivity contribution >= 4 is 11.4 Å². The van der Waals surface area contributed by atoms with Gasteiger partial charge in [-0.05, 0) is 19.9 Å². The van der Waals surface area contributed by atoms with E-state index in [0.717, 1.165) is 17.2 Å². The van der Waals surface area contributed by atoms with Crippen LogP contribution in [0.2, 0.25) is 0 Å². The monoisotopic (exact) mass is 246 g/mol. The Morgan fingerprint density at radius 3 is 2.83 bits per heavy atom. The molecule has 0 amide bonds. The first-order valence-corrected chi connectivity index (χ1v) is 5.55. The number of nitro benzene ring substituents is 1. The predicted molar refractivity (Wildman–Crippen MR) is 68.5 cm³/mol. The van der Waals surface area contributed by atoms with Crippen molar-refractivity contribution in [2.45, 2.75) is 20.4 Å². The molecule has 0 aliphatic heterocycles. The predicted octanol–water partition coefficient (Wildman–Crippen LogP) is 2.55. The largest absolute Gasteiger partial charge is 0.379 e. The number of aryl methyl sites for hydroxylation is 2. The van der Waals surface area contributed by atoms with Gasteiger partial charge in [0.25, 0.3) is 5.69 Å². The number of nitro groups is 1. The molecule has 0 saturated heterocycles. The summed E-state index contributed by atoms with van der Waals surface area (Å²) in [5.74, 6) is 0.849. The van der Waals surface area contributed by atoms with Gasteiger partial charge >= 0.3 is 0 Å². The number of hydrogen-bond acceptors (Lipinski definition) is 4. The summed E-state index contributed by atoms with van der Waals surface area (Å²) in [7, 11) is 0. The third kappa shape index (κ3) is 2.65. The van der Waals surface area contributed by atoms with Gasteiger partial charge in [-0.2, -0.15) is 0 Å². The van der Waals surface area contributed by atoms with Crippen LogP contribution < -0.4 is 5.32 Å². The van der Waals surface area contributed by atoms with Crippen LogP contribution >= 0.6 is 0 Å². The zero-order chi connectivity index (χ0) is 13.1. The highest BCUT2D eigenvalue weighted by molar-refractivity contribution is 5.54. The lowest BCUT2D eigenvalue weighted by molar-refractivity contribution is -0.385. The standard InChI is InChI=1S/C12H14N4O2/c1-8-3-4-10(5-12(8)16(17)18)14-7-11-6-13-9(2)15-11/h3-6,14H,7H2,1-2H3,(H,13,15). The molecule has 94 valence electrons. The Kier molecular flexibility index (Phi) is 3.27. The molecular formula is C12H14N4O2. The maximum absolute atomic E-state index is 10.8. The van der Waals surface area contributed by atoms with Crippen LogP contribution in [0, 0.1) is 24.0 Å². The van der Waals surface area contributed by atoms with Crippen LogP contribution in [0.25, 0.3) is 0 Å². The van der Waals surface area contributed by atoms with Crippen LogP contribution in [0.4, 0.5) is 11.4 Å². The molecule has 0 atom stereocenters. The highest BCUT2D eigenvalue weighted by Crippen LogP contribution is 2.22. The van der Waals surface area contributed by atoms with Gasteiger partial charge in [0.2, 0.25) is 0 Å². The van der Waals surface area contributed by atoms with Gasteiger partial charge in [-0.3, -0.25) is 10.1 Å². The minimum Gasteiger partial charge on any atom is -0.379 e. The molecule has 2 aromatic rings. The van der Waals surface area contributed by atoms with E-state index in [4.69, 9.17) is 0 Å². The normalized spacial score (nSPS) is 10.3. The molecule has 1 heterocycles. The summed E-state index contributed by atoms with van der Waals surface area (Å²) in [6.07, 6.45) is 1.74. The minimum atomic E-state index is -0.374. The van der Waals surface area contributed by atoms with Crippen molar-refractivity contribution < 1.29 is 4.92 Å². The van der Waals surface area contributed by atoms with Gasteiger partial charge in [-0.1, -0.05) is 6.07 Å². The Morgan fingerprint density at radius 2 is 2.22 bits per heavy atom. The molecule has 2 rings (SSSR count). The Bertz CT molecular complexity index is 577. The minimum absolute atomic E-state index is 0.126.